The topological polar surface area (TPSA) is 59.7 Å². The van der Waals surface area contributed by atoms with Gasteiger partial charge in [-0.3, -0.25) is 4.79 Å². The molecule has 1 heterocycles. The minimum atomic E-state index is -0.360. The van der Waals surface area contributed by atoms with Crippen LogP contribution in [0.3, 0.4) is 0 Å². The first-order valence-corrected chi connectivity index (χ1v) is 4.47. The van der Waals surface area contributed by atoms with E-state index in [1.165, 1.54) is 13.4 Å². The molecular formula is C11H10O4. The summed E-state index contributed by atoms with van der Waals surface area (Å²) >= 11 is 0. The Morgan fingerprint density at radius 1 is 1.53 bits per heavy atom. The summed E-state index contributed by atoms with van der Waals surface area (Å²) in [6.45, 7) is 0. The highest BCUT2D eigenvalue weighted by molar-refractivity contribution is 5.90. The molecule has 0 aliphatic heterocycles. The van der Waals surface area contributed by atoms with Crippen molar-refractivity contribution in [2.24, 2.45) is 0 Å². The highest BCUT2D eigenvalue weighted by atomic mass is 16.5. The zero-order valence-electron chi connectivity index (χ0n) is 8.19. The van der Waals surface area contributed by atoms with E-state index in [0.717, 1.165) is 0 Å². The van der Waals surface area contributed by atoms with E-state index >= 15 is 0 Å². The number of hydrogen-bond donors (Lipinski definition) is 1. The second-order valence-electron chi connectivity index (χ2n) is 3.16. The summed E-state index contributed by atoms with van der Waals surface area (Å²) in [6.07, 6.45) is 1.56. The minimum absolute atomic E-state index is 0.0983. The predicted octanol–water partition coefficient (Wildman–Crippen LogP) is 1.85. The van der Waals surface area contributed by atoms with Gasteiger partial charge in [0, 0.05) is 5.56 Å². The van der Waals surface area contributed by atoms with Gasteiger partial charge in [-0.1, -0.05) is 6.07 Å². The van der Waals surface area contributed by atoms with E-state index in [-0.39, 0.29) is 18.1 Å². The molecule has 2 rings (SSSR count). The third-order valence-electron chi connectivity index (χ3n) is 2.22. The lowest BCUT2D eigenvalue weighted by Crippen LogP contribution is -2.03. The highest BCUT2D eigenvalue weighted by Crippen LogP contribution is 2.29. The van der Waals surface area contributed by atoms with Crippen LogP contribution in [-0.2, 0) is 16.0 Å². The van der Waals surface area contributed by atoms with Crippen molar-refractivity contribution in [1.29, 1.82) is 0 Å². The number of methoxy groups -OCH3 is 1. The molecule has 0 bridgehead atoms. The van der Waals surface area contributed by atoms with Crippen LogP contribution in [-0.4, -0.2) is 18.2 Å². The molecule has 78 valence electrons. The SMILES string of the molecule is COC(=O)Cc1coc2cccc(O)c12. The zero-order valence-corrected chi connectivity index (χ0v) is 8.19. The van der Waals surface area contributed by atoms with Crippen molar-refractivity contribution >= 4 is 16.9 Å². The van der Waals surface area contributed by atoms with Gasteiger partial charge in [0.1, 0.15) is 11.3 Å². The fraction of sp³-hybridized carbons (Fsp3) is 0.182. The van der Waals surface area contributed by atoms with E-state index in [4.69, 9.17) is 4.42 Å². The number of aromatic hydroxyl groups is 1. The van der Waals surface area contributed by atoms with Crippen molar-refractivity contribution in [1.82, 2.24) is 0 Å². The molecule has 2 aromatic rings. The lowest BCUT2D eigenvalue weighted by atomic mass is 10.1. The van der Waals surface area contributed by atoms with E-state index in [2.05, 4.69) is 4.74 Å². The van der Waals surface area contributed by atoms with Crippen LogP contribution in [0.1, 0.15) is 5.56 Å². The fourth-order valence-corrected chi connectivity index (χ4v) is 1.49. The molecule has 0 aliphatic carbocycles. The van der Waals surface area contributed by atoms with E-state index < -0.39 is 0 Å². The van der Waals surface area contributed by atoms with Gasteiger partial charge in [0.15, 0.2) is 0 Å². The first-order chi connectivity index (χ1) is 7.22. The van der Waals surface area contributed by atoms with Crippen molar-refractivity contribution in [3.63, 3.8) is 0 Å². The summed E-state index contributed by atoms with van der Waals surface area (Å²) in [5.41, 5.74) is 1.20. The van der Waals surface area contributed by atoms with Crippen LogP contribution in [0.4, 0.5) is 0 Å². The van der Waals surface area contributed by atoms with Crippen LogP contribution in [0.5, 0.6) is 5.75 Å². The molecule has 1 aromatic heterocycles. The second-order valence-corrected chi connectivity index (χ2v) is 3.16. The molecule has 1 N–H and O–H groups in total. The molecule has 0 saturated carbocycles. The summed E-state index contributed by atoms with van der Waals surface area (Å²) < 4.78 is 9.76. The third-order valence-corrected chi connectivity index (χ3v) is 2.22. The lowest BCUT2D eigenvalue weighted by molar-refractivity contribution is -0.139. The van der Waals surface area contributed by atoms with Crippen molar-refractivity contribution < 1.29 is 19.1 Å². The molecule has 0 atom stereocenters. The summed E-state index contributed by atoms with van der Waals surface area (Å²) in [7, 11) is 1.32. The average Bonchev–Trinajstić information content (AvgIpc) is 2.63. The van der Waals surface area contributed by atoms with Gasteiger partial charge in [0.05, 0.1) is 25.2 Å². The summed E-state index contributed by atoms with van der Waals surface area (Å²) in [6, 6.07) is 4.97. The zero-order chi connectivity index (χ0) is 10.8. The molecule has 0 amide bonds. The quantitative estimate of drug-likeness (QED) is 0.762. The van der Waals surface area contributed by atoms with Gasteiger partial charge >= 0.3 is 5.97 Å². The van der Waals surface area contributed by atoms with Crippen LogP contribution in [0.15, 0.2) is 28.9 Å². The Morgan fingerprint density at radius 3 is 3.07 bits per heavy atom. The van der Waals surface area contributed by atoms with E-state index in [9.17, 15) is 9.90 Å². The van der Waals surface area contributed by atoms with Crippen LogP contribution in [0.25, 0.3) is 11.0 Å². The van der Waals surface area contributed by atoms with Crippen LogP contribution >= 0.6 is 0 Å². The van der Waals surface area contributed by atoms with Gasteiger partial charge in [-0.05, 0) is 12.1 Å². The summed E-state index contributed by atoms with van der Waals surface area (Å²) in [5.74, 6) is -0.249. The first kappa shape index (κ1) is 9.58. The number of phenols is 1. The number of ether oxygens (including phenoxy) is 1. The van der Waals surface area contributed by atoms with Gasteiger partial charge in [0.2, 0.25) is 0 Å². The van der Waals surface area contributed by atoms with Crippen LogP contribution < -0.4 is 0 Å². The molecule has 0 spiro atoms. The summed E-state index contributed by atoms with van der Waals surface area (Å²) in [5, 5.41) is 10.2. The van der Waals surface area contributed by atoms with Crippen molar-refractivity contribution in [2.45, 2.75) is 6.42 Å². The molecule has 0 saturated heterocycles. The number of hydrogen-bond acceptors (Lipinski definition) is 4. The number of rotatable bonds is 2. The molecule has 0 fully saturated rings. The van der Waals surface area contributed by atoms with Gasteiger partial charge in [-0.2, -0.15) is 0 Å². The molecule has 0 radical (unpaired) electrons. The van der Waals surface area contributed by atoms with Crippen molar-refractivity contribution in [2.75, 3.05) is 7.11 Å². The standard InChI is InChI=1S/C11H10O4/c1-14-10(13)5-7-6-15-9-4-2-3-8(12)11(7)9/h2-4,6,12H,5H2,1H3. The normalized spacial score (nSPS) is 10.5. The van der Waals surface area contributed by atoms with E-state index in [0.29, 0.717) is 16.5 Å². The molecule has 1 aromatic carbocycles. The Bertz CT molecular complexity index is 498. The molecule has 4 nitrogen and oxygen atoms in total. The Morgan fingerprint density at radius 2 is 2.33 bits per heavy atom. The number of esters is 1. The molecule has 0 aliphatic rings. The maximum atomic E-state index is 11.1. The number of carbonyl (C=O) groups excluding carboxylic acids is 1. The van der Waals surface area contributed by atoms with E-state index in [1.807, 2.05) is 0 Å². The van der Waals surface area contributed by atoms with Crippen molar-refractivity contribution in [3.05, 3.63) is 30.0 Å². The Hall–Kier alpha value is -1.97. The van der Waals surface area contributed by atoms with Crippen molar-refractivity contribution in [3.8, 4) is 5.75 Å². The van der Waals surface area contributed by atoms with Gasteiger partial charge in [0.25, 0.3) is 0 Å². The maximum absolute atomic E-state index is 11.1. The predicted molar refractivity (Wildman–Crippen MR) is 53.6 cm³/mol. The lowest BCUT2D eigenvalue weighted by Gasteiger charge is -1.98. The van der Waals surface area contributed by atoms with E-state index in [1.54, 1.807) is 18.2 Å². The molecule has 4 heteroatoms. The average molecular weight is 206 g/mol. The minimum Gasteiger partial charge on any atom is -0.507 e. The highest BCUT2D eigenvalue weighted by Gasteiger charge is 2.13. The van der Waals surface area contributed by atoms with Gasteiger partial charge in [-0.15, -0.1) is 0 Å². The van der Waals surface area contributed by atoms with Crippen LogP contribution in [0, 0.1) is 0 Å². The largest absolute Gasteiger partial charge is 0.507 e. The Balaban J connectivity index is 2.48. The Kier molecular flexibility index (Phi) is 2.33. The summed E-state index contributed by atoms with van der Waals surface area (Å²) in [4.78, 5) is 11.1. The maximum Gasteiger partial charge on any atom is 0.310 e. The van der Waals surface area contributed by atoms with Gasteiger partial charge < -0.3 is 14.3 Å². The smallest absolute Gasteiger partial charge is 0.310 e. The molecule has 0 unspecified atom stereocenters. The molecular weight excluding hydrogens is 196 g/mol. The Labute approximate surface area is 86.1 Å². The van der Waals surface area contributed by atoms with Crippen LogP contribution in [0.2, 0.25) is 0 Å². The first-order valence-electron chi connectivity index (χ1n) is 4.47. The van der Waals surface area contributed by atoms with Gasteiger partial charge in [-0.25, -0.2) is 0 Å². The second kappa shape index (κ2) is 3.65. The number of fused-ring (bicyclic) bond motifs is 1. The number of phenolic OH excluding ortho intramolecular Hbond substituents is 1. The number of carbonyl (C=O) groups is 1. The fourth-order valence-electron chi connectivity index (χ4n) is 1.49. The third kappa shape index (κ3) is 1.66. The number of furan rings is 1. The number of benzene rings is 1. The monoisotopic (exact) mass is 206 g/mol. The molecule has 15 heavy (non-hydrogen) atoms.